The monoisotopic (exact) mass is 364 g/mol. The van der Waals surface area contributed by atoms with Crippen molar-refractivity contribution in [1.29, 1.82) is 0 Å². The Hall–Kier alpha value is -1.93. The summed E-state index contributed by atoms with van der Waals surface area (Å²) in [6, 6.07) is 7.47. The van der Waals surface area contributed by atoms with E-state index in [4.69, 9.17) is 0 Å². The van der Waals surface area contributed by atoms with Crippen molar-refractivity contribution in [3.05, 3.63) is 29.3 Å². The highest BCUT2D eigenvalue weighted by Gasteiger charge is 2.07. The molecular formula is C16H20N4O2S2. The van der Waals surface area contributed by atoms with E-state index < -0.39 is 0 Å². The molecule has 0 fully saturated rings. The van der Waals surface area contributed by atoms with Crippen LogP contribution in [0.5, 0.6) is 0 Å². The van der Waals surface area contributed by atoms with Crippen molar-refractivity contribution in [3.63, 3.8) is 0 Å². The van der Waals surface area contributed by atoms with E-state index in [0.29, 0.717) is 17.3 Å². The molecule has 0 aliphatic heterocycles. The van der Waals surface area contributed by atoms with Gasteiger partial charge in [0.15, 0.2) is 0 Å². The molecule has 24 heavy (non-hydrogen) atoms. The lowest BCUT2D eigenvalue weighted by molar-refractivity contribution is -0.116. The minimum atomic E-state index is -0.118. The normalized spacial score (nSPS) is 10.4. The molecule has 1 heterocycles. The predicted molar refractivity (Wildman–Crippen MR) is 98.6 cm³/mol. The first kappa shape index (κ1) is 18.4. The number of carbonyl (C=O) groups is 2. The topological polar surface area (TPSA) is 84.0 Å². The first-order valence-electron chi connectivity index (χ1n) is 7.69. The number of carbonyl (C=O) groups excluding carboxylic acids is 2. The molecular weight excluding hydrogens is 344 g/mol. The van der Waals surface area contributed by atoms with Gasteiger partial charge in [-0.2, -0.15) is 0 Å². The third-order valence-corrected chi connectivity index (χ3v) is 4.80. The first-order valence-corrected chi connectivity index (χ1v) is 9.49. The second kappa shape index (κ2) is 9.39. The van der Waals surface area contributed by atoms with Crippen LogP contribution in [0.4, 0.5) is 10.8 Å². The average Bonchev–Trinajstić information content (AvgIpc) is 2.97. The van der Waals surface area contributed by atoms with Crippen molar-refractivity contribution < 1.29 is 9.59 Å². The molecule has 128 valence electrons. The first-order chi connectivity index (χ1) is 11.6. The molecule has 1 aromatic carbocycles. The summed E-state index contributed by atoms with van der Waals surface area (Å²) in [5, 5.41) is 14.6. The summed E-state index contributed by atoms with van der Waals surface area (Å²) < 4.78 is 0. The van der Waals surface area contributed by atoms with Crippen LogP contribution in [0.1, 0.15) is 31.2 Å². The molecule has 0 aliphatic rings. The number of nitrogens with zero attached hydrogens (tertiary/aromatic N) is 2. The van der Waals surface area contributed by atoms with Crippen molar-refractivity contribution >= 4 is 45.7 Å². The molecule has 0 radical (unpaired) electrons. The molecule has 0 unspecified atom stereocenters. The van der Waals surface area contributed by atoms with E-state index in [-0.39, 0.29) is 11.8 Å². The molecule has 2 rings (SSSR count). The Morgan fingerprint density at radius 3 is 2.50 bits per heavy atom. The zero-order chi connectivity index (χ0) is 17.4. The summed E-state index contributed by atoms with van der Waals surface area (Å²) in [5.41, 5.74) is 0.772. The molecule has 0 atom stereocenters. The second-order valence-corrected chi connectivity index (χ2v) is 7.37. The lowest BCUT2D eigenvalue weighted by Crippen LogP contribution is -2.13. The van der Waals surface area contributed by atoms with Crippen LogP contribution in [0.25, 0.3) is 0 Å². The highest BCUT2D eigenvalue weighted by Crippen LogP contribution is 2.21. The van der Waals surface area contributed by atoms with Gasteiger partial charge in [-0.05, 0) is 37.6 Å². The molecule has 2 aromatic rings. The van der Waals surface area contributed by atoms with Gasteiger partial charge < -0.3 is 5.32 Å². The second-order valence-electron chi connectivity index (χ2n) is 5.14. The number of anilines is 2. The van der Waals surface area contributed by atoms with Gasteiger partial charge in [-0.1, -0.05) is 24.7 Å². The van der Waals surface area contributed by atoms with E-state index in [0.717, 1.165) is 28.4 Å². The van der Waals surface area contributed by atoms with Crippen molar-refractivity contribution in [2.45, 2.75) is 38.0 Å². The highest BCUT2D eigenvalue weighted by molar-refractivity contribution is 8.00. The van der Waals surface area contributed by atoms with E-state index in [2.05, 4.69) is 27.8 Å². The van der Waals surface area contributed by atoms with Crippen LogP contribution in [0, 0.1) is 6.92 Å². The fraction of sp³-hybridized carbons (Fsp3) is 0.375. The molecule has 0 bridgehead atoms. The quantitative estimate of drug-likeness (QED) is 0.698. The number of hydrogen-bond donors (Lipinski definition) is 2. The number of unbranched alkanes of at least 4 members (excludes halogenated alkanes) is 1. The molecule has 0 saturated heterocycles. The largest absolute Gasteiger partial charge is 0.326 e. The average molecular weight is 364 g/mol. The van der Waals surface area contributed by atoms with Gasteiger partial charge in [0.1, 0.15) is 5.01 Å². The number of benzene rings is 1. The summed E-state index contributed by atoms with van der Waals surface area (Å²) >= 11 is 2.77. The smallest absolute Gasteiger partial charge is 0.236 e. The van der Waals surface area contributed by atoms with Crippen LogP contribution < -0.4 is 10.6 Å². The van der Waals surface area contributed by atoms with Gasteiger partial charge in [0.2, 0.25) is 16.9 Å². The van der Waals surface area contributed by atoms with Crippen molar-refractivity contribution in [1.82, 2.24) is 10.2 Å². The van der Waals surface area contributed by atoms with Crippen LogP contribution in [0.2, 0.25) is 0 Å². The molecule has 0 spiro atoms. The molecule has 1 aromatic heterocycles. The Morgan fingerprint density at radius 2 is 1.88 bits per heavy atom. The summed E-state index contributed by atoms with van der Waals surface area (Å²) in [5.74, 6) is 0.206. The maximum Gasteiger partial charge on any atom is 0.236 e. The van der Waals surface area contributed by atoms with E-state index >= 15 is 0 Å². The molecule has 6 nitrogen and oxygen atoms in total. The summed E-state index contributed by atoms with van der Waals surface area (Å²) in [6.07, 6.45) is 2.43. The Kier molecular flexibility index (Phi) is 7.20. The SMILES string of the molecule is CCCCC(=O)Nc1ccc(SCC(=O)Nc2nnc(C)s2)cc1. The zero-order valence-corrected chi connectivity index (χ0v) is 15.3. The third-order valence-electron chi connectivity index (χ3n) is 3.04. The maximum atomic E-state index is 11.9. The Labute approximate surface area is 149 Å². The lowest BCUT2D eigenvalue weighted by atomic mass is 10.2. The number of aromatic nitrogens is 2. The van der Waals surface area contributed by atoms with Crippen LogP contribution in [0.15, 0.2) is 29.2 Å². The van der Waals surface area contributed by atoms with E-state index in [1.165, 1.54) is 23.1 Å². The number of rotatable bonds is 8. The molecule has 2 N–H and O–H groups in total. The number of nitrogens with one attached hydrogen (secondary N) is 2. The fourth-order valence-corrected chi connectivity index (χ4v) is 3.15. The fourth-order valence-electron chi connectivity index (χ4n) is 1.85. The van der Waals surface area contributed by atoms with Gasteiger partial charge >= 0.3 is 0 Å². The lowest BCUT2D eigenvalue weighted by Gasteiger charge is -2.06. The van der Waals surface area contributed by atoms with Crippen LogP contribution >= 0.6 is 23.1 Å². The molecule has 8 heteroatoms. The van der Waals surface area contributed by atoms with Gasteiger partial charge in [0.05, 0.1) is 5.75 Å². The van der Waals surface area contributed by atoms with Gasteiger partial charge in [0.25, 0.3) is 0 Å². The van der Waals surface area contributed by atoms with Gasteiger partial charge in [-0.25, -0.2) is 0 Å². The number of hydrogen-bond acceptors (Lipinski definition) is 6. The van der Waals surface area contributed by atoms with Crippen LogP contribution in [-0.2, 0) is 9.59 Å². The third kappa shape index (κ3) is 6.29. The van der Waals surface area contributed by atoms with Crippen molar-refractivity contribution in [2.24, 2.45) is 0 Å². The number of amides is 2. The summed E-state index contributed by atoms with van der Waals surface area (Å²) in [4.78, 5) is 24.5. The number of aryl methyl sites for hydroxylation is 1. The van der Waals surface area contributed by atoms with Gasteiger partial charge in [-0.3, -0.25) is 14.9 Å². The predicted octanol–water partition coefficient (Wildman–Crippen LogP) is 3.71. The van der Waals surface area contributed by atoms with Crippen LogP contribution in [0.3, 0.4) is 0 Å². The minimum Gasteiger partial charge on any atom is -0.326 e. The highest BCUT2D eigenvalue weighted by atomic mass is 32.2. The Balaban J connectivity index is 1.77. The molecule has 2 amide bonds. The molecule has 0 aliphatic carbocycles. The van der Waals surface area contributed by atoms with Crippen molar-refractivity contribution in [2.75, 3.05) is 16.4 Å². The van der Waals surface area contributed by atoms with Gasteiger partial charge in [-0.15, -0.1) is 22.0 Å². The Morgan fingerprint density at radius 1 is 1.12 bits per heavy atom. The standard InChI is InChI=1S/C16H20N4O2S2/c1-3-4-5-14(21)17-12-6-8-13(9-7-12)23-10-15(22)18-16-20-19-11(2)24-16/h6-9H,3-5,10H2,1-2H3,(H,17,21)(H,18,20,22). The van der Waals surface area contributed by atoms with Crippen molar-refractivity contribution in [3.8, 4) is 0 Å². The van der Waals surface area contributed by atoms with E-state index in [9.17, 15) is 9.59 Å². The zero-order valence-electron chi connectivity index (χ0n) is 13.7. The maximum absolute atomic E-state index is 11.9. The summed E-state index contributed by atoms with van der Waals surface area (Å²) in [7, 11) is 0. The van der Waals surface area contributed by atoms with E-state index in [1.807, 2.05) is 31.2 Å². The molecule has 0 saturated carbocycles. The summed E-state index contributed by atoms with van der Waals surface area (Å²) in [6.45, 7) is 3.90. The van der Waals surface area contributed by atoms with Crippen LogP contribution in [-0.4, -0.2) is 27.8 Å². The minimum absolute atomic E-state index is 0.0315. The van der Waals surface area contributed by atoms with E-state index in [1.54, 1.807) is 0 Å². The Bertz CT molecular complexity index is 686. The number of thioether (sulfide) groups is 1. The van der Waals surface area contributed by atoms with Gasteiger partial charge in [0, 0.05) is 17.0 Å².